The van der Waals surface area contributed by atoms with Gasteiger partial charge in [0, 0.05) is 24.9 Å². The lowest BCUT2D eigenvalue weighted by atomic mass is 9.89. The Kier molecular flexibility index (Phi) is 4.06. The van der Waals surface area contributed by atoms with Gasteiger partial charge in [-0.05, 0) is 37.5 Å². The van der Waals surface area contributed by atoms with E-state index in [0.717, 1.165) is 44.5 Å². The molecule has 1 aliphatic heterocycles. The number of hydrogen-bond acceptors (Lipinski definition) is 3. The van der Waals surface area contributed by atoms with E-state index in [2.05, 4.69) is 12.2 Å². The first-order chi connectivity index (χ1) is 9.67. The van der Waals surface area contributed by atoms with E-state index in [1.54, 1.807) is 12.1 Å². The Bertz CT molecular complexity index is 450. The molecule has 4 heteroatoms. The number of ether oxygens (including phenoxy) is 2. The molecule has 2 fully saturated rings. The van der Waals surface area contributed by atoms with E-state index in [4.69, 9.17) is 9.47 Å². The van der Waals surface area contributed by atoms with Gasteiger partial charge in [0.15, 0.2) is 5.79 Å². The Morgan fingerprint density at radius 3 is 2.60 bits per heavy atom. The Morgan fingerprint density at radius 1 is 1.25 bits per heavy atom. The van der Waals surface area contributed by atoms with Crippen molar-refractivity contribution in [2.75, 3.05) is 13.2 Å². The minimum atomic E-state index is -0.305. The molecule has 2 aliphatic rings. The van der Waals surface area contributed by atoms with Crippen molar-refractivity contribution in [1.82, 2.24) is 5.32 Å². The van der Waals surface area contributed by atoms with Gasteiger partial charge in [0.05, 0.1) is 13.2 Å². The van der Waals surface area contributed by atoms with Crippen LogP contribution in [0.1, 0.15) is 44.2 Å². The lowest BCUT2D eigenvalue weighted by Gasteiger charge is -2.36. The van der Waals surface area contributed by atoms with Crippen LogP contribution >= 0.6 is 0 Å². The van der Waals surface area contributed by atoms with Crippen LogP contribution in [0.3, 0.4) is 0 Å². The molecule has 1 aliphatic carbocycles. The molecule has 20 heavy (non-hydrogen) atoms. The summed E-state index contributed by atoms with van der Waals surface area (Å²) in [4.78, 5) is 0. The van der Waals surface area contributed by atoms with Crippen LogP contribution in [0.4, 0.5) is 4.39 Å². The first-order valence-corrected chi connectivity index (χ1v) is 7.46. The van der Waals surface area contributed by atoms with Crippen molar-refractivity contribution < 1.29 is 13.9 Å². The maximum atomic E-state index is 13.2. The zero-order valence-electron chi connectivity index (χ0n) is 11.9. The standard InChI is InChI=1S/C16H22FNO2/c1-12(13-3-2-4-14(17)11-13)18-15-5-7-16(8-6-15)19-9-10-20-16/h2-4,11-12,15,18H,5-10H2,1H3. The Morgan fingerprint density at radius 2 is 1.95 bits per heavy atom. The molecule has 0 amide bonds. The third kappa shape index (κ3) is 3.03. The van der Waals surface area contributed by atoms with Gasteiger partial charge in [0.25, 0.3) is 0 Å². The zero-order chi connectivity index (χ0) is 14.0. The number of rotatable bonds is 3. The molecule has 1 N–H and O–H groups in total. The molecule has 1 aromatic carbocycles. The predicted octanol–water partition coefficient (Wildman–Crippen LogP) is 3.16. The highest BCUT2D eigenvalue weighted by molar-refractivity contribution is 5.19. The maximum Gasteiger partial charge on any atom is 0.168 e. The summed E-state index contributed by atoms with van der Waals surface area (Å²) in [7, 11) is 0. The summed E-state index contributed by atoms with van der Waals surface area (Å²) < 4.78 is 24.7. The van der Waals surface area contributed by atoms with Gasteiger partial charge in [-0.1, -0.05) is 12.1 Å². The molecule has 1 atom stereocenters. The quantitative estimate of drug-likeness (QED) is 0.922. The molecule has 1 heterocycles. The summed E-state index contributed by atoms with van der Waals surface area (Å²) in [6.45, 7) is 3.53. The highest BCUT2D eigenvalue weighted by atomic mass is 19.1. The fourth-order valence-corrected chi connectivity index (χ4v) is 3.24. The smallest absolute Gasteiger partial charge is 0.168 e. The number of nitrogens with one attached hydrogen (secondary N) is 1. The van der Waals surface area contributed by atoms with E-state index in [-0.39, 0.29) is 17.6 Å². The predicted molar refractivity (Wildman–Crippen MR) is 74.8 cm³/mol. The van der Waals surface area contributed by atoms with Crippen LogP contribution in [-0.2, 0) is 9.47 Å². The monoisotopic (exact) mass is 279 g/mol. The van der Waals surface area contributed by atoms with E-state index in [1.165, 1.54) is 6.07 Å². The van der Waals surface area contributed by atoms with Gasteiger partial charge >= 0.3 is 0 Å². The average molecular weight is 279 g/mol. The van der Waals surface area contributed by atoms with E-state index in [1.807, 2.05) is 6.07 Å². The molecule has 110 valence electrons. The summed E-state index contributed by atoms with van der Waals surface area (Å²) in [5.74, 6) is -0.480. The summed E-state index contributed by atoms with van der Waals surface area (Å²) in [6.07, 6.45) is 3.97. The highest BCUT2D eigenvalue weighted by Gasteiger charge is 2.40. The number of halogens is 1. The van der Waals surface area contributed by atoms with Crippen molar-refractivity contribution in [3.63, 3.8) is 0 Å². The molecular formula is C16H22FNO2. The molecule has 1 saturated heterocycles. The molecular weight excluding hydrogens is 257 g/mol. The van der Waals surface area contributed by atoms with Gasteiger partial charge in [0.2, 0.25) is 0 Å². The van der Waals surface area contributed by atoms with Gasteiger partial charge in [0.1, 0.15) is 5.82 Å². The normalized spacial score (nSPS) is 24.1. The van der Waals surface area contributed by atoms with Crippen LogP contribution in [0.2, 0.25) is 0 Å². The highest BCUT2D eigenvalue weighted by Crippen LogP contribution is 2.36. The van der Waals surface area contributed by atoms with Crippen molar-refractivity contribution in [3.05, 3.63) is 35.6 Å². The molecule has 1 aromatic rings. The topological polar surface area (TPSA) is 30.5 Å². The zero-order valence-corrected chi connectivity index (χ0v) is 11.9. The van der Waals surface area contributed by atoms with E-state index in [9.17, 15) is 4.39 Å². The maximum absolute atomic E-state index is 13.2. The average Bonchev–Trinajstić information content (AvgIpc) is 2.90. The second kappa shape index (κ2) is 5.80. The summed E-state index contributed by atoms with van der Waals surface area (Å²) >= 11 is 0. The summed E-state index contributed by atoms with van der Waals surface area (Å²) in [6, 6.07) is 7.43. The van der Waals surface area contributed by atoms with E-state index < -0.39 is 0 Å². The van der Waals surface area contributed by atoms with Gasteiger partial charge in [-0.3, -0.25) is 0 Å². The molecule has 1 spiro atoms. The molecule has 0 bridgehead atoms. The first-order valence-electron chi connectivity index (χ1n) is 7.46. The minimum absolute atomic E-state index is 0.162. The lowest BCUT2D eigenvalue weighted by Crippen LogP contribution is -2.42. The van der Waals surface area contributed by atoms with Crippen LogP contribution in [0.5, 0.6) is 0 Å². The third-order valence-electron chi connectivity index (χ3n) is 4.40. The minimum Gasteiger partial charge on any atom is -0.348 e. The van der Waals surface area contributed by atoms with Crippen LogP contribution in [0, 0.1) is 5.82 Å². The Balaban J connectivity index is 1.54. The molecule has 1 saturated carbocycles. The van der Waals surface area contributed by atoms with Crippen molar-refractivity contribution >= 4 is 0 Å². The summed E-state index contributed by atoms with van der Waals surface area (Å²) in [5.41, 5.74) is 0.999. The van der Waals surface area contributed by atoms with Gasteiger partial charge in [-0.15, -0.1) is 0 Å². The number of hydrogen-bond donors (Lipinski definition) is 1. The first kappa shape index (κ1) is 14.0. The molecule has 0 aromatic heterocycles. The third-order valence-corrected chi connectivity index (χ3v) is 4.40. The van der Waals surface area contributed by atoms with Gasteiger partial charge in [-0.25, -0.2) is 4.39 Å². The van der Waals surface area contributed by atoms with Crippen LogP contribution < -0.4 is 5.32 Å². The van der Waals surface area contributed by atoms with Crippen molar-refractivity contribution in [3.8, 4) is 0 Å². The fourth-order valence-electron chi connectivity index (χ4n) is 3.24. The van der Waals surface area contributed by atoms with Crippen molar-refractivity contribution in [2.45, 2.75) is 50.5 Å². The Hall–Kier alpha value is -0.970. The lowest BCUT2D eigenvalue weighted by molar-refractivity contribution is -0.179. The van der Waals surface area contributed by atoms with Gasteiger partial charge in [-0.2, -0.15) is 0 Å². The van der Waals surface area contributed by atoms with E-state index >= 15 is 0 Å². The van der Waals surface area contributed by atoms with E-state index in [0.29, 0.717) is 6.04 Å². The Labute approximate surface area is 119 Å². The van der Waals surface area contributed by atoms with Gasteiger partial charge < -0.3 is 14.8 Å². The van der Waals surface area contributed by atoms with Crippen LogP contribution in [0.15, 0.2) is 24.3 Å². The largest absolute Gasteiger partial charge is 0.348 e. The molecule has 3 nitrogen and oxygen atoms in total. The summed E-state index contributed by atoms with van der Waals surface area (Å²) in [5, 5.41) is 3.59. The second-order valence-corrected chi connectivity index (χ2v) is 5.83. The molecule has 3 rings (SSSR count). The van der Waals surface area contributed by atoms with Crippen LogP contribution in [0.25, 0.3) is 0 Å². The molecule has 1 unspecified atom stereocenters. The second-order valence-electron chi connectivity index (χ2n) is 5.83. The van der Waals surface area contributed by atoms with Crippen molar-refractivity contribution in [2.24, 2.45) is 0 Å². The SMILES string of the molecule is CC(NC1CCC2(CC1)OCCO2)c1cccc(F)c1. The molecule has 0 radical (unpaired) electrons. The van der Waals surface area contributed by atoms with Crippen LogP contribution in [-0.4, -0.2) is 25.0 Å². The number of benzene rings is 1. The van der Waals surface area contributed by atoms with Crippen molar-refractivity contribution in [1.29, 1.82) is 0 Å². The fraction of sp³-hybridized carbons (Fsp3) is 0.625.